The quantitative estimate of drug-likeness (QED) is 0.552. The molecule has 11 heteroatoms. The topological polar surface area (TPSA) is 75.4 Å². The fraction of sp³-hybridized carbons (Fsp3) is 0.333. The van der Waals surface area contributed by atoms with E-state index < -0.39 is 17.9 Å². The number of likely N-dealkylation sites (tertiary alicyclic amines) is 1. The maximum Gasteiger partial charge on any atom is 0.471 e. The predicted molar refractivity (Wildman–Crippen MR) is 106 cm³/mol. The van der Waals surface area contributed by atoms with Gasteiger partial charge < -0.3 is 14.3 Å². The number of carbonyl (C=O) groups excluding carboxylic acids is 1. The number of alkyl halides is 3. The minimum atomic E-state index is -4.74. The smallest absolute Gasteiger partial charge is 0.329 e. The van der Waals surface area contributed by atoms with Gasteiger partial charge in [0.05, 0.1) is 18.2 Å². The molecule has 32 heavy (non-hydrogen) atoms. The summed E-state index contributed by atoms with van der Waals surface area (Å²) in [6, 6.07) is 8.79. The molecule has 1 aromatic carbocycles. The van der Waals surface area contributed by atoms with Crippen LogP contribution in [0.25, 0.3) is 11.4 Å². The summed E-state index contributed by atoms with van der Waals surface area (Å²) in [5, 5.41) is 3.33. The third-order valence-electron chi connectivity index (χ3n) is 5.20. The highest BCUT2D eigenvalue weighted by atomic mass is 19.4. The number of rotatable bonds is 5. The third kappa shape index (κ3) is 4.77. The number of aromatic nitrogens is 3. The Hall–Kier alpha value is -3.34. The van der Waals surface area contributed by atoms with E-state index >= 15 is 0 Å². The minimum absolute atomic E-state index is 0.0722. The summed E-state index contributed by atoms with van der Waals surface area (Å²) in [6.07, 6.45) is -2.73. The first-order chi connectivity index (χ1) is 15.2. The highest BCUT2D eigenvalue weighted by Gasteiger charge is 2.38. The van der Waals surface area contributed by atoms with Crippen LogP contribution in [0.3, 0.4) is 0 Å². The van der Waals surface area contributed by atoms with Crippen LogP contribution in [-0.2, 0) is 17.5 Å². The monoisotopic (exact) mass is 449 g/mol. The van der Waals surface area contributed by atoms with Gasteiger partial charge in [-0.25, -0.2) is 4.39 Å². The number of nitrogens with zero attached hydrogens (tertiary/aromatic N) is 5. The lowest BCUT2D eigenvalue weighted by molar-refractivity contribution is -0.159. The fourth-order valence-corrected chi connectivity index (χ4v) is 3.57. The second kappa shape index (κ2) is 8.65. The van der Waals surface area contributed by atoms with Crippen LogP contribution in [0.2, 0.25) is 0 Å². The molecule has 2 aromatic heterocycles. The van der Waals surface area contributed by atoms with E-state index in [-0.39, 0.29) is 29.8 Å². The second-order valence-electron chi connectivity index (χ2n) is 7.61. The molecule has 1 aliphatic rings. The number of hydrogen-bond donors (Lipinski definition) is 0. The summed E-state index contributed by atoms with van der Waals surface area (Å²) in [5.74, 6) is -2.52. The van der Waals surface area contributed by atoms with Crippen LogP contribution in [0.15, 0.2) is 47.1 Å². The van der Waals surface area contributed by atoms with E-state index in [9.17, 15) is 22.4 Å². The van der Waals surface area contributed by atoms with Crippen LogP contribution in [0.1, 0.15) is 18.0 Å². The van der Waals surface area contributed by atoms with Gasteiger partial charge in [-0.1, -0.05) is 11.2 Å². The molecule has 1 amide bonds. The van der Waals surface area contributed by atoms with Crippen molar-refractivity contribution >= 4 is 11.6 Å². The summed E-state index contributed by atoms with van der Waals surface area (Å²) in [4.78, 5) is 24.3. The average molecular weight is 449 g/mol. The lowest BCUT2D eigenvalue weighted by atomic mass is 10.1. The molecule has 1 atom stereocenters. The van der Waals surface area contributed by atoms with E-state index in [0.29, 0.717) is 24.3 Å². The maximum absolute atomic E-state index is 13.8. The van der Waals surface area contributed by atoms with Gasteiger partial charge in [-0.05, 0) is 50.3 Å². The number of halogens is 4. The van der Waals surface area contributed by atoms with Crippen molar-refractivity contribution in [3.63, 3.8) is 0 Å². The molecule has 0 radical (unpaired) electrons. The molecular weight excluding hydrogens is 430 g/mol. The van der Waals surface area contributed by atoms with Crippen molar-refractivity contribution in [2.45, 2.75) is 19.1 Å². The summed E-state index contributed by atoms with van der Waals surface area (Å²) in [7, 11) is 1.93. The molecule has 1 saturated heterocycles. The summed E-state index contributed by atoms with van der Waals surface area (Å²) in [6.45, 7) is 1.48. The Bertz CT molecular complexity index is 1100. The molecule has 0 spiro atoms. The molecule has 1 unspecified atom stereocenters. The SMILES string of the molecule is CN1CCC(C(=O)N(Cc2ccc(-c3noc(C(F)(F)F)n3)cn2)c2cccc(F)c2)C1. The zero-order valence-electron chi connectivity index (χ0n) is 17.0. The number of amides is 1. The van der Waals surface area contributed by atoms with E-state index in [1.165, 1.54) is 35.4 Å². The first-order valence-corrected chi connectivity index (χ1v) is 9.82. The highest BCUT2D eigenvalue weighted by molar-refractivity contribution is 5.95. The minimum Gasteiger partial charge on any atom is -0.329 e. The van der Waals surface area contributed by atoms with E-state index in [4.69, 9.17) is 0 Å². The molecule has 0 N–H and O–H groups in total. The lowest BCUT2D eigenvalue weighted by Gasteiger charge is -2.25. The van der Waals surface area contributed by atoms with E-state index in [1.54, 1.807) is 12.1 Å². The first kappa shape index (κ1) is 21.9. The molecule has 0 aliphatic carbocycles. The third-order valence-corrected chi connectivity index (χ3v) is 5.20. The van der Waals surface area contributed by atoms with E-state index in [2.05, 4.69) is 24.5 Å². The van der Waals surface area contributed by atoms with E-state index in [1.807, 2.05) is 7.05 Å². The van der Waals surface area contributed by atoms with Crippen molar-refractivity contribution in [3.05, 3.63) is 60.0 Å². The van der Waals surface area contributed by atoms with Gasteiger partial charge >= 0.3 is 12.1 Å². The Morgan fingerprint density at radius 1 is 1.28 bits per heavy atom. The van der Waals surface area contributed by atoms with Crippen LogP contribution < -0.4 is 4.90 Å². The number of pyridine rings is 1. The number of carbonyl (C=O) groups is 1. The van der Waals surface area contributed by atoms with Crippen molar-refractivity contribution in [1.29, 1.82) is 0 Å². The van der Waals surface area contributed by atoms with Crippen LogP contribution in [0.4, 0.5) is 23.2 Å². The Labute approximate surface area is 180 Å². The number of benzene rings is 1. The van der Waals surface area contributed by atoms with Crippen molar-refractivity contribution < 1.29 is 26.9 Å². The van der Waals surface area contributed by atoms with E-state index in [0.717, 1.165) is 6.54 Å². The summed E-state index contributed by atoms with van der Waals surface area (Å²) >= 11 is 0. The predicted octanol–water partition coefficient (Wildman–Crippen LogP) is 3.77. The van der Waals surface area contributed by atoms with Crippen LogP contribution in [0.5, 0.6) is 0 Å². The zero-order valence-corrected chi connectivity index (χ0v) is 17.0. The lowest BCUT2D eigenvalue weighted by Crippen LogP contribution is -2.37. The average Bonchev–Trinajstić information content (AvgIpc) is 3.41. The van der Waals surface area contributed by atoms with Gasteiger partial charge in [0.1, 0.15) is 5.82 Å². The Morgan fingerprint density at radius 2 is 2.09 bits per heavy atom. The Morgan fingerprint density at radius 3 is 2.69 bits per heavy atom. The van der Waals surface area contributed by atoms with Crippen molar-refractivity contribution in [3.8, 4) is 11.4 Å². The number of hydrogen-bond acceptors (Lipinski definition) is 6. The molecule has 3 heterocycles. The van der Waals surface area contributed by atoms with Gasteiger partial charge in [0.15, 0.2) is 0 Å². The van der Waals surface area contributed by atoms with Crippen LogP contribution >= 0.6 is 0 Å². The molecular formula is C21H19F4N5O2. The molecule has 1 aliphatic heterocycles. The fourth-order valence-electron chi connectivity index (χ4n) is 3.57. The van der Waals surface area contributed by atoms with Gasteiger partial charge in [0.2, 0.25) is 11.7 Å². The Balaban J connectivity index is 1.57. The molecule has 7 nitrogen and oxygen atoms in total. The van der Waals surface area contributed by atoms with Crippen LogP contribution in [0, 0.1) is 11.7 Å². The van der Waals surface area contributed by atoms with Crippen molar-refractivity contribution in [1.82, 2.24) is 20.0 Å². The van der Waals surface area contributed by atoms with Gasteiger partial charge in [-0.3, -0.25) is 9.78 Å². The normalized spacial score (nSPS) is 17.0. The second-order valence-corrected chi connectivity index (χ2v) is 7.61. The maximum atomic E-state index is 13.8. The molecule has 4 rings (SSSR count). The summed E-state index contributed by atoms with van der Waals surface area (Å²) < 4.78 is 56.1. The molecule has 3 aromatic rings. The van der Waals surface area contributed by atoms with Gasteiger partial charge in [-0.15, -0.1) is 0 Å². The summed E-state index contributed by atoms with van der Waals surface area (Å²) in [5.41, 5.74) is 1.11. The van der Waals surface area contributed by atoms with Gasteiger partial charge in [0.25, 0.3) is 0 Å². The molecule has 0 bridgehead atoms. The first-order valence-electron chi connectivity index (χ1n) is 9.82. The van der Waals surface area contributed by atoms with Gasteiger partial charge in [-0.2, -0.15) is 18.2 Å². The molecule has 1 fully saturated rings. The zero-order chi connectivity index (χ0) is 22.9. The largest absolute Gasteiger partial charge is 0.471 e. The highest BCUT2D eigenvalue weighted by Crippen LogP contribution is 2.29. The molecule has 168 valence electrons. The van der Waals surface area contributed by atoms with Gasteiger partial charge in [0, 0.05) is 24.0 Å². The molecule has 0 saturated carbocycles. The standard InChI is InChI=1S/C21H19F4N5O2/c1-29-8-7-14(11-29)19(31)30(17-4-2-3-15(22)9-17)12-16-6-5-13(10-26-16)18-27-20(32-28-18)21(23,24)25/h2-6,9-10,14H,7-8,11-12H2,1H3. The van der Waals surface area contributed by atoms with Crippen molar-refractivity contribution in [2.24, 2.45) is 5.92 Å². The number of anilines is 1. The van der Waals surface area contributed by atoms with Crippen LogP contribution in [-0.4, -0.2) is 46.1 Å². The van der Waals surface area contributed by atoms with Crippen molar-refractivity contribution in [2.75, 3.05) is 25.0 Å². The Kier molecular flexibility index (Phi) is 5.92.